The molecule has 0 aliphatic carbocycles. The second-order valence-corrected chi connectivity index (χ2v) is 5.86. The Labute approximate surface area is 142 Å². The van der Waals surface area contributed by atoms with Crippen LogP contribution >= 0.6 is 0 Å². The molecule has 1 fully saturated rings. The minimum absolute atomic E-state index is 0.00916. The average molecular weight is 337 g/mol. The van der Waals surface area contributed by atoms with Crippen molar-refractivity contribution in [2.75, 3.05) is 33.3 Å². The molecule has 1 aromatic rings. The Morgan fingerprint density at radius 3 is 2.79 bits per heavy atom. The van der Waals surface area contributed by atoms with Crippen molar-refractivity contribution in [2.45, 2.75) is 39.5 Å². The number of aliphatic imine (C=N–C) groups is 1. The molecule has 2 heterocycles. The van der Waals surface area contributed by atoms with Crippen LogP contribution in [0.1, 0.15) is 37.9 Å². The first-order valence-electron chi connectivity index (χ1n) is 8.54. The van der Waals surface area contributed by atoms with Gasteiger partial charge in [-0.1, -0.05) is 5.16 Å². The van der Waals surface area contributed by atoms with Gasteiger partial charge in [-0.05, 0) is 33.1 Å². The van der Waals surface area contributed by atoms with Gasteiger partial charge in [0.05, 0.1) is 13.0 Å². The van der Waals surface area contributed by atoms with Crippen molar-refractivity contribution in [3.05, 3.63) is 11.7 Å². The van der Waals surface area contributed by atoms with Crippen LogP contribution in [0.2, 0.25) is 0 Å². The first kappa shape index (κ1) is 18.2. The van der Waals surface area contributed by atoms with Gasteiger partial charge in [-0.2, -0.15) is 4.98 Å². The van der Waals surface area contributed by atoms with Gasteiger partial charge in [-0.3, -0.25) is 9.79 Å². The maximum absolute atomic E-state index is 11.6. The van der Waals surface area contributed by atoms with Gasteiger partial charge < -0.3 is 19.5 Å². The van der Waals surface area contributed by atoms with Crippen molar-refractivity contribution in [1.82, 2.24) is 20.4 Å². The fraction of sp³-hybridized carbons (Fsp3) is 0.750. The van der Waals surface area contributed by atoms with E-state index in [1.165, 1.54) is 7.11 Å². The van der Waals surface area contributed by atoms with E-state index in [1.807, 2.05) is 6.92 Å². The zero-order chi connectivity index (χ0) is 17.4. The lowest BCUT2D eigenvalue weighted by atomic mass is 9.97. The summed E-state index contributed by atoms with van der Waals surface area (Å²) in [4.78, 5) is 22.7. The number of ether oxygens (including phenoxy) is 1. The number of carbonyl (C=O) groups excluding carboxylic acids is 1. The maximum Gasteiger partial charge on any atom is 0.308 e. The number of rotatable bonds is 6. The fourth-order valence-electron chi connectivity index (χ4n) is 2.78. The van der Waals surface area contributed by atoms with Gasteiger partial charge in [0.1, 0.15) is 0 Å². The fourth-order valence-corrected chi connectivity index (χ4v) is 2.78. The summed E-state index contributed by atoms with van der Waals surface area (Å²) in [7, 11) is 1.45. The number of hydrogen-bond donors (Lipinski definition) is 1. The van der Waals surface area contributed by atoms with Gasteiger partial charge in [0.25, 0.3) is 0 Å². The summed E-state index contributed by atoms with van der Waals surface area (Å²) in [6.07, 6.45) is 3.19. The molecule has 24 heavy (non-hydrogen) atoms. The SMILES string of the molecule is CCNC(=NCCCc1nc(C)no1)N1CCC(C(=O)OC)CC1. The van der Waals surface area contributed by atoms with Gasteiger partial charge in [-0.25, -0.2) is 0 Å². The van der Waals surface area contributed by atoms with Gasteiger partial charge in [0, 0.05) is 32.6 Å². The number of guanidine groups is 1. The third kappa shape index (κ3) is 5.21. The quantitative estimate of drug-likeness (QED) is 0.360. The highest BCUT2D eigenvalue weighted by atomic mass is 16.5. The Balaban J connectivity index is 1.81. The Bertz CT molecular complexity index is 550. The van der Waals surface area contributed by atoms with Crippen LogP contribution in [0.15, 0.2) is 9.52 Å². The summed E-state index contributed by atoms with van der Waals surface area (Å²) >= 11 is 0. The molecule has 1 saturated heterocycles. The predicted molar refractivity (Wildman–Crippen MR) is 89.6 cm³/mol. The van der Waals surface area contributed by atoms with Gasteiger partial charge >= 0.3 is 5.97 Å². The monoisotopic (exact) mass is 337 g/mol. The van der Waals surface area contributed by atoms with Crippen LogP contribution in [-0.4, -0.2) is 60.3 Å². The molecule has 134 valence electrons. The van der Waals surface area contributed by atoms with Crippen LogP contribution in [0.4, 0.5) is 0 Å². The molecule has 1 aliphatic heterocycles. The van der Waals surface area contributed by atoms with E-state index in [0.717, 1.165) is 51.3 Å². The summed E-state index contributed by atoms with van der Waals surface area (Å²) in [5, 5.41) is 7.10. The third-order valence-corrected chi connectivity index (χ3v) is 4.04. The number of aromatic nitrogens is 2. The molecule has 1 aliphatic rings. The Morgan fingerprint density at radius 1 is 1.46 bits per heavy atom. The van der Waals surface area contributed by atoms with E-state index in [2.05, 4.69) is 32.3 Å². The first-order valence-corrected chi connectivity index (χ1v) is 8.54. The van der Waals surface area contributed by atoms with Crippen LogP contribution in [0.3, 0.4) is 0 Å². The van der Waals surface area contributed by atoms with Crippen LogP contribution < -0.4 is 5.32 Å². The summed E-state index contributed by atoms with van der Waals surface area (Å²) in [5.74, 6) is 2.13. The molecule has 1 N–H and O–H groups in total. The van der Waals surface area contributed by atoms with Crippen molar-refractivity contribution >= 4 is 11.9 Å². The smallest absolute Gasteiger partial charge is 0.308 e. The van der Waals surface area contributed by atoms with E-state index in [9.17, 15) is 4.79 Å². The lowest BCUT2D eigenvalue weighted by Gasteiger charge is -2.33. The van der Waals surface area contributed by atoms with Crippen molar-refractivity contribution in [3.8, 4) is 0 Å². The number of methoxy groups -OCH3 is 1. The van der Waals surface area contributed by atoms with Gasteiger partial charge in [0.15, 0.2) is 11.8 Å². The van der Waals surface area contributed by atoms with Crippen LogP contribution in [-0.2, 0) is 16.0 Å². The molecule has 0 atom stereocenters. The number of carbonyl (C=O) groups is 1. The second kappa shape index (κ2) is 9.24. The van der Waals surface area contributed by atoms with E-state index in [4.69, 9.17) is 9.26 Å². The van der Waals surface area contributed by atoms with Crippen LogP contribution in [0, 0.1) is 12.8 Å². The summed E-state index contributed by atoms with van der Waals surface area (Å²) in [5.41, 5.74) is 0. The molecule has 0 aromatic carbocycles. The molecule has 0 spiro atoms. The summed E-state index contributed by atoms with van der Waals surface area (Å²) in [6.45, 7) is 7.01. The van der Waals surface area contributed by atoms with E-state index in [1.54, 1.807) is 0 Å². The van der Waals surface area contributed by atoms with Gasteiger partial charge in [0.2, 0.25) is 5.89 Å². The molecule has 0 amide bonds. The lowest BCUT2D eigenvalue weighted by Crippen LogP contribution is -2.46. The number of piperidine rings is 1. The molecule has 0 radical (unpaired) electrons. The van der Waals surface area contributed by atoms with E-state index >= 15 is 0 Å². The molecule has 8 nitrogen and oxygen atoms in total. The normalized spacial score (nSPS) is 16.3. The highest BCUT2D eigenvalue weighted by Gasteiger charge is 2.26. The number of esters is 1. The maximum atomic E-state index is 11.6. The molecule has 0 saturated carbocycles. The molecular weight excluding hydrogens is 310 g/mol. The topological polar surface area (TPSA) is 92.9 Å². The highest BCUT2D eigenvalue weighted by Crippen LogP contribution is 2.18. The zero-order valence-corrected chi connectivity index (χ0v) is 14.7. The van der Waals surface area contributed by atoms with E-state index in [-0.39, 0.29) is 11.9 Å². The molecular formula is C16H27N5O3. The van der Waals surface area contributed by atoms with E-state index < -0.39 is 0 Å². The predicted octanol–water partition coefficient (Wildman–Crippen LogP) is 1.16. The summed E-state index contributed by atoms with van der Waals surface area (Å²) in [6, 6.07) is 0. The van der Waals surface area contributed by atoms with E-state index in [0.29, 0.717) is 18.3 Å². The minimum Gasteiger partial charge on any atom is -0.469 e. The lowest BCUT2D eigenvalue weighted by molar-refractivity contribution is -0.146. The Hall–Kier alpha value is -2.12. The average Bonchev–Trinajstić information content (AvgIpc) is 3.02. The molecule has 1 aromatic heterocycles. The summed E-state index contributed by atoms with van der Waals surface area (Å²) < 4.78 is 9.93. The molecule has 0 bridgehead atoms. The first-order chi connectivity index (χ1) is 11.6. The van der Waals surface area contributed by atoms with Crippen molar-refractivity contribution in [3.63, 3.8) is 0 Å². The highest BCUT2D eigenvalue weighted by molar-refractivity contribution is 5.80. The number of aryl methyl sites for hydroxylation is 2. The third-order valence-electron chi connectivity index (χ3n) is 4.04. The van der Waals surface area contributed by atoms with Crippen LogP contribution in [0.5, 0.6) is 0 Å². The minimum atomic E-state index is -0.105. The van der Waals surface area contributed by atoms with Crippen molar-refractivity contribution in [1.29, 1.82) is 0 Å². The zero-order valence-electron chi connectivity index (χ0n) is 14.7. The Morgan fingerprint density at radius 2 is 2.21 bits per heavy atom. The standard InChI is InChI=1S/C16H27N5O3/c1-4-17-16(18-9-5-6-14-19-12(2)20-24-14)21-10-7-13(8-11-21)15(22)23-3/h13H,4-11H2,1-3H3,(H,17,18). The number of nitrogens with zero attached hydrogens (tertiary/aromatic N) is 4. The van der Waals surface area contributed by atoms with Crippen molar-refractivity contribution in [2.24, 2.45) is 10.9 Å². The Kier molecular flexibility index (Phi) is 7.02. The molecule has 2 rings (SSSR count). The number of likely N-dealkylation sites (tertiary alicyclic amines) is 1. The van der Waals surface area contributed by atoms with Gasteiger partial charge in [-0.15, -0.1) is 0 Å². The largest absolute Gasteiger partial charge is 0.469 e. The van der Waals surface area contributed by atoms with Crippen LogP contribution in [0.25, 0.3) is 0 Å². The second-order valence-electron chi connectivity index (χ2n) is 5.86. The molecule has 0 unspecified atom stereocenters. The van der Waals surface area contributed by atoms with Crippen molar-refractivity contribution < 1.29 is 14.1 Å². The number of hydrogen-bond acceptors (Lipinski definition) is 6. The number of nitrogens with one attached hydrogen (secondary N) is 1. The molecule has 8 heteroatoms.